The highest BCUT2D eigenvalue weighted by molar-refractivity contribution is 7.22. The van der Waals surface area contributed by atoms with Crippen LogP contribution in [0.4, 0.5) is 9.52 Å². The van der Waals surface area contributed by atoms with E-state index in [4.69, 9.17) is 9.72 Å². The van der Waals surface area contributed by atoms with Crippen LogP contribution in [-0.4, -0.2) is 40.9 Å². The van der Waals surface area contributed by atoms with Crippen LogP contribution >= 0.6 is 11.3 Å². The van der Waals surface area contributed by atoms with Gasteiger partial charge in [0, 0.05) is 19.6 Å². The molecule has 1 atom stereocenters. The molecule has 5 rings (SSSR count). The van der Waals surface area contributed by atoms with Crippen molar-refractivity contribution in [2.45, 2.75) is 26.3 Å². The molecule has 0 saturated carbocycles. The summed E-state index contributed by atoms with van der Waals surface area (Å²) in [5.41, 5.74) is 3.22. The fourth-order valence-electron chi connectivity index (χ4n) is 4.33. The highest BCUT2D eigenvalue weighted by Gasteiger charge is 2.28. The second-order valence-electron chi connectivity index (χ2n) is 8.48. The molecule has 0 bridgehead atoms. The molecule has 0 spiro atoms. The molecular formula is C25H26FN5O2S. The van der Waals surface area contributed by atoms with Gasteiger partial charge < -0.3 is 15.0 Å². The van der Waals surface area contributed by atoms with Crippen molar-refractivity contribution in [3.05, 3.63) is 65.6 Å². The average Bonchev–Trinajstić information content (AvgIpc) is 3.43. The van der Waals surface area contributed by atoms with Crippen molar-refractivity contribution in [1.29, 1.82) is 0 Å². The number of amides is 1. The fraction of sp³-hybridized carbons (Fsp3) is 0.320. The third kappa shape index (κ3) is 4.48. The Bertz CT molecular complexity index is 1330. The molecule has 3 heterocycles. The molecule has 0 aliphatic carbocycles. The quantitative estimate of drug-likeness (QED) is 0.442. The Morgan fingerprint density at radius 3 is 2.94 bits per heavy atom. The van der Waals surface area contributed by atoms with Crippen molar-refractivity contribution in [2.75, 3.05) is 25.1 Å². The molecule has 4 aromatic rings. The van der Waals surface area contributed by atoms with Crippen molar-refractivity contribution in [3.63, 3.8) is 0 Å². The predicted octanol–water partition coefficient (Wildman–Crippen LogP) is 4.47. The first-order valence-corrected chi connectivity index (χ1v) is 12.1. The number of nitrogens with zero attached hydrogens (tertiary/aromatic N) is 4. The zero-order valence-electron chi connectivity index (χ0n) is 19.1. The van der Waals surface area contributed by atoms with Gasteiger partial charge in [-0.05, 0) is 55.7 Å². The van der Waals surface area contributed by atoms with Gasteiger partial charge in [-0.3, -0.25) is 4.79 Å². The summed E-state index contributed by atoms with van der Waals surface area (Å²) in [7, 11) is 1.63. The van der Waals surface area contributed by atoms with Crippen LogP contribution in [0, 0.1) is 18.7 Å². The maximum atomic E-state index is 13.8. The third-order valence-corrected chi connectivity index (χ3v) is 7.31. The van der Waals surface area contributed by atoms with E-state index in [-0.39, 0.29) is 17.6 Å². The van der Waals surface area contributed by atoms with Gasteiger partial charge in [-0.2, -0.15) is 10.1 Å². The van der Waals surface area contributed by atoms with E-state index in [0.717, 1.165) is 46.2 Å². The van der Waals surface area contributed by atoms with Crippen molar-refractivity contribution in [2.24, 2.45) is 5.92 Å². The Morgan fingerprint density at radius 1 is 1.26 bits per heavy atom. The van der Waals surface area contributed by atoms with Crippen molar-refractivity contribution in [3.8, 4) is 11.4 Å². The fourth-order valence-corrected chi connectivity index (χ4v) is 5.35. The summed E-state index contributed by atoms with van der Waals surface area (Å²) in [5.74, 6) is 0.412. The number of thiazole rings is 1. The van der Waals surface area contributed by atoms with Gasteiger partial charge in [0.2, 0.25) is 5.91 Å². The van der Waals surface area contributed by atoms with E-state index in [0.29, 0.717) is 24.4 Å². The number of anilines is 1. The lowest BCUT2D eigenvalue weighted by atomic mass is 9.97. The lowest BCUT2D eigenvalue weighted by molar-refractivity contribution is -0.125. The van der Waals surface area contributed by atoms with Crippen molar-refractivity contribution in [1.82, 2.24) is 20.1 Å². The number of carbonyl (C=O) groups excluding carboxylic acids is 1. The highest BCUT2D eigenvalue weighted by atomic mass is 32.1. The minimum Gasteiger partial charge on any atom is -0.497 e. The van der Waals surface area contributed by atoms with Gasteiger partial charge in [-0.15, -0.1) is 0 Å². The Labute approximate surface area is 201 Å². The third-order valence-electron chi connectivity index (χ3n) is 6.09. The van der Waals surface area contributed by atoms with Crippen molar-refractivity contribution >= 4 is 32.7 Å². The minimum absolute atomic E-state index is 0.0516. The van der Waals surface area contributed by atoms with E-state index < -0.39 is 0 Å². The highest BCUT2D eigenvalue weighted by Crippen LogP contribution is 2.34. The molecular weight excluding hydrogens is 453 g/mol. The second-order valence-corrected chi connectivity index (χ2v) is 9.46. The van der Waals surface area contributed by atoms with Gasteiger partial charge >= 0.3 is 0 Å². The molecule has 0 unspecified atom stereocenters. The number of aromatic nitrogens is 3. The number of aryl methyl sites for hydroxylation is 1. The van der Waals surface area contributed by atoms with E-state index in [1.807, 2.05) is 37.3 Å². The smallest absolute Gasteiger partial charge is 0.225 e. The van der Waals surface area contributed by atoms with Crippen LogP contribution in [0.3, 0.4) is 0 Å². The molecule has 1 saturated heterocycles. The normalized spacial score (nSPS) is 16.1. The van der Waals surface area contributed by atoms with Gasteiger partial charge in [0.15, 0.2) is 10.8 Å². The summed E-state index contributed by atoms with van der Waals surface area (Å²) >= 11 is 1.57. The number of hydrogen-bond donors (Lipinski definition) is 1. The average molecular weight is 480 g/mol. The number of hydrogen-bond acceptors (Lipinski definition) is 6. The Balaban J connectivity index is 1.31. The maximum absolute atomic E-state index is 13.8. The Kier molecular flexibility index (Phi) is 6.19. The number of fused-ring (bicyclic) bond motifs is 1. The summed E-state index contributed by atoms with van der Waals surface area (Å²) in [6.45, 7) is 3.87. The van der Waals surface area contributed by atoms with Crippen LogP contribution in [-0.2, 0) is 11.3 Å². The molecule has 34 heavy (non-hydrogen) atoms. The van der Waals surface area contributed by atoms with E-state index in [1.165, 1.54) is 12.1 Å². The summed E-state index contributed by atoms with van der Waals surface area (Å²) in [6.07, 6.45) is 1.77. The number of rotatable bonds is 6. The van der Waals surface area contributed by atoms with Gasteiger partial charge in [-0.1, -0.05) is 29.5 Å². The van der Waals surface area contributed by atoms with E-state index in [9.17, 15) is 9.18 Å². The van der Waals surface area contributed by atoms with Gasteiger partial charge in [0.1, 0.15) is 11.6 Å². The minimum atomic E-state index is -0.312. The molecule has 7 nitrogen and oxygen atoms in total. The Hall–Kier alpha value is -3.46. The SMILES string of the molecule is COc1cccc(CNC(=O)[C@@H]2CCCN(c3nc4c(s3)c(C)nn4-c3cccc(F)c3)C2)c1. The molecule has 176 valence electrons. The van der Waals surface area contributed by atoms with Crippen LogP contribution in [0.25, 0.3) is 16.0 Å². The number of methoxy groups -OCH3 is 1. The number of ether oxygens (including phenoxy) is 1. The van der Waals surface area contributed by atoms with Gasteiger partial charge in [-0.25, -0.2) is 9.07 Å². The van der Waals surface area contributed by atoms with Gasteiger partial charge in [0.25, 0.3) is 0 Å². The summed E-state index contributed by atoms with van der Waals surface area (Å²) < 4.78 is 21.7. The molecule has 1 fully saturated rings. The molecule has 9 heteroatoms. The molecule has 1 aliphatic rings. The topological polar surface area (TPSA) is 72.3 Å². The summed E-state index contributed by atoms with van der Waals surface area (Å²) in [6, 6.07) is 14.1. The lowest BCUT2D eigenvalue weighted by Gasteiger charge is -2.31. The molecule has 1 aliphatic heterocycles. The molecule has 1 amide bonds. The molecule has 2 aromatic heterocycles. The first kappa shape index (κ1) is 22.3. The van der Waals surface area contributed by atoms with E-state index in [2.05, 4.69) is 15.3 Å². The summed E-state index contributed by atoms with van der Waals surface area (Å²) in [5, 5.41) is 8.50. The number of nitrogens with one attached hydrogen (secondary N) is 1. The first-order valence-electron chi connectivity index (χ1n) is 11.3. The summed E-state index contributed by atoms with van der Waals surface area (Å²) in [4.78, 5) is 19.9. The molecule has 1 N–H and O–H groups in total. The van der Waals surface area contributed by atoms with Gasteiger partial charge in [0.05, 0.1) is 29.1 Å². The number of halogens is 1. The van der Waals surface area contributed by atoms with Crippen LogP contribution in [0.1, 0.15) is 24.1 Å². The Morgan fingerprint density at radius 2 is 2.12 bits per heavy atom. The van der Waals surface area contributed by atoms with E-state index >= 15 is 0 Å². The first-order chi connectivity index (χ1) is 16.5. The molecule has 0 radical (unpaired) electrons. The number of benzene rings is 2. The molecule has 2 aromatic carbocycles. The number of carbonyl (C=O) groups is 1. The zero-order chi connectivity index (χ0) is 23.7. The van der Waals surface area contributed by atoms with Crippen LogP contribution < -0.4 is 15.0 Å². The van der Waals surface area contributed by atoms with Crippen molar-refractivity contribution < 1.29 is 13.9 Å². The maximum Gasteiger partial charge on any atom is 0.225 e. The monoisotopic (exact) mass is 479 g/mol. The number of piperidine rings is 1. The lowest BCUT2D eigenvalue weighted by Crippen LogP contribution is -2.43. The zero-order valence-corrected chi connectivity index (χ0v) is 19.9. The van der Waals surface area contributed by atoms with Crippen LogP contribution in [0.15, 0.2) is 48.5 Å². The predicted molar refractivity (Wildman–Crippen MR) is 131 cm³/mol. The van der Waals surface area contributed by atoms with Crippen LogP contribution in [0.5, 0.6) is 5.75 Å². The standard InChI is InChI=1S/C25H26FN5O2S/c1-16-22-23(31(29-16)20-9-4-8-19(26)13-20)28-25(34-22)30-11-5-7-18(15-30)24(32)27-14-17-6-3-10-21(12-17)33-2/h3-4,6,8-10,12-13,18H,5,7,11,14-15H2,1-2H3,(H,27,32)/t18-/m1/s1. The van der Waals surface area contributed by atoms with E-state index in [1.54, 1.807) is 29.2 Å². The largest absolute Gasteiger partial charge is 0.497 e. The van der Waals surface area contributed by atoms with Crippen LogP contribution in [0.2, 0.25) is 0 Å². The second kappa shape index (κ2) is 9.42.